The van der Waals surface area contributed by atoms with Gasteiger partial charge in [-0.1, -0.05) is 23.7 Å². The molecule has 0 aliphatic carbocycles. The molecule has 9 nitrogen and oxygen atoms in total. The van der Waals surface area contributed by atoms with Crippen LogP contribution in [0.4, 0.5) is 16.2 Å². The molecular formula is C18H15ClN4O5. The number of hydrogen-bond donors (Lipinski definition) is 2. The van der Waals surface area contributed by atoms with Gasteiger partial charge in [-0.05, 0) is 36.8 Å². The molecule has 144 valence electrons. The fourth-order valence-corrected chi connectivity index (χ4v) is 2.97. The second-order valence-electron chi connectivity index (χ2n) is 6.31. The van der Waals surface area contributed by atoms with Crippen molar-refractivity contribution in [3.8, 4) is 0 Å². The van der Waals surface area contributed by atoms with Crippen molar-refractivity contribution in [3.63, 3.8) is 0 Å². The van der Waals surface area contributed by atoms with Gasteiger partial charge in [-0.25, -0.2) is 4.79 Å². The van der Waals surface area contributed by atoms with Gasteiger partial charge in [-0.15, -0.1) is 0 Å². The third-order valence-electron chi connectivity index (χ3n) is 4.34. The van der Waals surface area contributed by atoms with Crippen LogP contribution in [0.1, 0.15) is 12.5 Å². The predicted molar refractivity (Wildman–Crippen MR) is 101 cm³/mol. The maximum atomic E-state index is 12.8. The van der Waals surface area contributed by atoms with Gasteiger partial charge in [0.05, 0.1) is 4.92 Å². The normalized spacial score (nSPS) is 18.7. The van der Waals surface area contributed by atoms with E-state index in [0.29, 0.717) is 10.7 Å². The van der Waals surface area contributed by atoms with Crippen molar-refractivity contribution in [3.05, 3.63) is 69.2 Å². The average Bonchev–Trinajstić information content (AvgIpc) is 2.88. The second-order valence-corrected chi connectivity index (χ2v) is 6.75. The maximum Gasteiger partial charge on any atom is 0.325 e. The number of nitro groups is 1. The molecule has 1 unspecified atom stereocenters. The third-order valence-corrected chi connectivity index (χ3v) is 4.59. The van der Waals surface area contributed by atoms with E-state index in [1.807, 2.05) is 0 Å². The Kier molecular flexibility index (Phi) is 5.02. The monoisotopic (exact) mass is 402 g/mol. The number of carbonyl (C=O) groups is 3. The number of carbonyl (C=O) groups excluding carboxylic acids is 3. The van der Waals surface area contributed by atoms with Gasteiger partial charge in [-0.3, -0.25) is 24.6 Å². The number of non-ortho nitro benzene ring substituents is 1. The highest BCUT2D eigenvalue weighted by molar-refractivity contribution is 6.30. The number of benzene rings is 2. The summed E-state index contributed by atoms with van der Waals surface area (Å²) >= 11 is 5.78. The van der Waals surface area contributed by atoms with Crippen molar-refractivity contribution < 1.29 is 19.3 Å². The largest absolute Gasteiger partial charge is 0.325 e. The van der Waals surface area contributed by atoms with Crippen LogP contribution < -0.4 is 10.6 Å². The van der Waals surface area contributed by atoms with Crippen LogP contribution in [0.3, 0.4) is 0 Å². The third kappa shape index (κ3) is 3.65. The van der Waals surface area contributed by atoms with Crippen LogP contribution in [-0.4, -0.2) is 34.2 Å². The Morgan fingerprint density at radius 1 is 1.25 bits per heavy atom. The number of anilines is 1. The van der Waals surface area contributed by atoms with Gasteiger partial charge in [0.15, 0.2) is 0 Å². The first-order valence-corrected chi connectivity index (χ1v) is 8.53. The van der Waals surface area contributed by atoms with Crippen LogP contribution in [0.2, 0.25) is 5.02 Å². The smallest absolute Gasteiger partial charge is 0.325 e. The van der Waals surface area contributed by atoms with Crippen LogP contribution in [0.15, 0.2) is 48.5 Å². The van der Waals surface area contributed by atoms with Crippen molar-refractivity contribution >= 4 is 40.8 Å². The number of imide groups is 1. The first-order chi connectivity index (χ1) is 13.2. The number of nitrogens with one attached hydrogen (secondary N) is 2. The van der Waals surface area contributed by atoms with Crippen molar-refractivity contribution in [1.82, 2.24) is 10.2 Å². The highest BCUT2D eigenvalue weighted by Gasteiger charge is 2.49. The summed E-state index contributed by atoms with van der Waals surface area (Å²) in [5.41, 5.74) is -1.01. The van der Waals surface area contributed by atoms with E-state index >= 15 is 0 Å². The van der Waals surface area contributed by atoms with Gasteiger partial charge in [0.1, 0.15) is 12.1 Å². The summed E-state index contributed by atoms with van der Waals surface area (Å²) in [5, 5.41) is 16.6. The van der Waals surface area contributed by atoms with E-state index in [0.717, 1.165) is 4.90 Å². The molecule has 2 aromatic rings. The number of rotatable bonds is 5. The fraction of sp³-hybridized carbons (Fsp3) is 0.167. The van der Waals surface area contributed by atoms with Crippen molar-refractivity contribution in [2.45, 2.75) is 12.5 Å². The zero-order valence-electron chi connectivity index (χ0n) is 14.6. The fourth-order valence-electron chi connectivity index (χ4n) is 2.84. The van der Waals surface area contributed by atoms with E-state index in [1.165, 1.54) is 31.2 Å². The lowest BCUT2D eigenvalue weighted by Gasteiger charge is -2.22. The second kappa shape index (κ2) is 7.28. The van der Waals surface area contributed by atoms with Gasteiger partial charge in [0.2, 0.25) is 5.91 Å². The molecule has 1 aliphatic rings. The lowest BCUT2D eigenvalue weighted by atomic mass is 9.91. The molecule has 0 radical (unpaired) electrons. The standard InChI is InChI=1S/C18H15ClN4O5/c1-18(11-3-2-4-14(9-11)23(27)28)16(25)22(17(26)21-18)10-15(24)20-13-7-5-12(19)6-8-13/h2-9H,10H2,1H3,(H,20,24)(H,21,26). The zero-order valence-corrected chi connectivity index (χ0v) is 15.4. The molecule has 4 amide bonds. The van der Waals surface area contributed by atoms with Crippen molar-refractivity contribution in [1.29, 1.82) is 0 Å². The Hall–Kier alpha value is -3.46. The van der Waals surface area contributed by atoms with E-state index in [4.69, 9.17) is 11.6 Å². The molecule has 1 fully saturated rings. The molecule has 3 rings (SSSR count). The summed E-state index contributed by atoms with van der Waals surface area (Å²) < 4.78 is 0. The number of nitrogens with zero attached hydrogens (tertiary/aromatic N) is 2. The lowest BCUT2D eigenvalue weighted by Crippen LogP contribution is -2.42. The van der Waals surface area contributed by atoms with Crippen LogP contribution >= 0.6 is 11.6 Å². The SMILES string of the molecule is CC1(c2cccc([N+](=O)[O-])c2)NC(=O)N(CC(=O)Nc2ccc(Cl)cc2)C1=O. The van der Waals surface area contributed by atoms with Gasteiger partial charge < -0.3 is 10.6 Å². The van der Waals surface area contributed by atoms with Crippen LogP contribution in [0.5, 0.6) is 0 Å². The molecule has 2 aromatic carbocycles. The molecule has 0 aromatic heterocycles. The number of urea groups is 1. The summed E-state index contributed by atoms with van der Waals surface area (Å²) in [6, 6.07) is 11.0. The Bertz CT molecular complexity index is 978. The highest BCUT2D eigenvalue weighted by atomic mass is 35.5. The average molecular weight is 403 g/mol. The van der Waals surface area contributed by atoms with Gasteiger partial charge in [0, 0.05) is 22.8 Å². The van der Waals surface area contributed by atoms with Crippen molar-refractivity contribution in [2.24, 2.45) is 0 Å². The van der Waals surface area contributed by atoms with E-state index in [9.17, 15) is 24.5 Å². The number of halogens is 1. The maximum absolute atomic E-state index is 12.8. The molecule has 0 spiro atoms. The van der Waals surface area contributed by atoms with Gasteiger partial charge >= 0.3 is 6.03 Å². The summed E-state index contributed by atoms with van der Waals surface area (Å²) in [4.78, 5) is 48.5. The molecule has 1 heterocycles. The Balaban J connectivity index is 1.77. The van der Waals surface area contributed by atoms with Gasteiger partial charge in [0.25, 0.3) is 11.6 Å². The first kappa shape index (κ1) is 19.3. The minimum atomic E-state index is -1.51. The molecular weight excluding hydrogens is 388 g/mol. The molecule has 28 heavy (non-hydrogen) atoms. The van der Waals surface area contributed by atoms with Crippen molar-refractivity contribution in [2.75, 3.05) is 11.9 Å². The Morgan fingerprint density at radius 2 is 1.93 bits per heavy atom. The van der Waals surface area contributed by atoms with Gasteiger partial charge in [-0.2, -0.15) is 0 Å². The van der Waals surface area contributed by atoms with E-state index < -0.39 is 34.9 Å². The first-order valence-electron chi connectivity index (χ1n) is 8.15. The van der Waals surface area contributed by atoms with Crippen LogP contribution in [-0.2, 0) is 15.1 Å². The number of nitro benzene ring substituents is 1. The molecule has 1 atom stereocenters. The summed E-state index contributed by atoms with van der Waals surface area (Å²) in [5.74, 6) is -1.25. The van der Waals surface area contributed by atoms with E-state index in [2.05, 4.69) is 10.6 Å². The molecule has 10 heteroatoms. The summed E-state index contributed by atoms with van der Waals surface area (Å²) in [6.45, 7) is 0.932. The highest BCUT2D eigenvalue weighted by Crippen LogP contribution is 2.30. The van der Waals surface area contributed by atoms with E-state index in [1.54, 1.807) is 24.3 Å². The number of hydrogen-bond acceptors (Lipinski definition) is 5. The minimum absolute atomic E-state index is 0.209. The predicted octanol–water partition coefficient (Wildman–Crippen LogP) is 2.65. The molecule has 1 saturated heterocycles. The minimum Gasteiger partial charge on any atom is -0.325 e. The quantitative estimate of drug-likeness (QED) is 0.452. The molecule has 0 bridgehead atoms. The van der Waals surface area contributed by atoms with E-state index in [-0.39, 0.29) is 11.3 Å². The summed E-state index contributed by atoms with van der Waals surface area (Å²) in [6.07, 6.45) is 0. The Labute approximate surface area is 164 Å². The van der Waals surface area contributed by atoms with Crippen LogP contribution in [0.25, 0.3) is 0 Å². The Morgan fingerprint density at radius 3 is 2.57 bits per heavy atom. The lowest BCUT2D eigenvalue weighted by molar-refractivity contribution is -0.385. The topological polar surface area (TPSA) is 122 Å². The zero-order chi connectivity index (χ0) is 20.5. The molecule has 2 N–H and O–H groups in total. The van der Waals surface area contributed by atoms with Crippen LogP contribution in [0, 0.1) is 10.1 Å². The molecule has 0 saturated carbocycles. The summed E-state index contributed by atoms with van der Waals surface area (Å²) in [7, 11) is 0. The number of amides is 4. The molecule has 1 aliphatic heterocycles.